The summed E-state index contributed by atoms with van der Waals surface area (Å²) in [7, 11) is 1.59. The maximum Gasteiger partial charge on any atom is 0.262 e. The van der Waals surface area contributed by atoms with Crippen molar-refractivity contribution in [2.45, 2.75) is 6.92 Å². The molecule has 0 bridgehead atoms. The van der Waals surface area contributed by atoms with Gasteiger partial charge in [0.15, 0.2) is 6.61 Å². The zero-order chi connectivity index (χ0) is 20.2. The summed E-state index contributed by atoms with van der Waals surface area (Å²) >= 11 is 0. The highest BCUT2D eigenvalue weighted by Gasteiger charge is 2.09. The SMILES string of the molecule is COc1cccc(OCC(=O)Nc2cccc(-c3cn4cccc(C)c4n3)c2)c1. The Morgan fingerprint density at radius 3 is 2.72 bits per heavy atom. The summed E-state index contributed by atoms with van der Waals surface area (Å²) in [6.07, 6.45) is 3.95. The van der Waals surface area contributed by atoms with Crippen molar-refractivity contribution >= 4 is 17.2 Å². The first-order valence-electron chi connectivity index (χ1n) is 9.24. The van der Waals surface area contributed by atoms with Gasteiger partial charge in [-0.1, -0.05) is 24.3 Å². The minimum Gasteiger partial charge on any atom is -0.497 e. The van der Waals surface area contributed by atoms with Crippen LogP contribution in [0, 0.1) is 6.92 Å². The van der Waals surface area contributed by atoms with E-state index in [9.17, 15) is 4.79 Å². The third-order valence-electron chi connectivity index (χ3n) is 4.53. The van der Waals surface area contributed by atoms with Crippen LogP contribution in [0.5, 0.6) is 11.5 Å². The van der Waals surface area contributed by atoms with E-state index < -0.39 is 0 Å². The fourth-order valence-corrected chi connectivity index (χ4v) is 3.09. The summed E-state index contributed by atoms with van der Waals surface area (Å²) in [5.74, 6) is 1.02. The molecule has 0 fully saturated rings. The number of carbonyl (C=O) groups excluding carboxylic acids is 1. The summed E-state index contributed by atoms with van der Waals surface area (Å²) in [5, 5.41) is 2.87. The molecule has 29 heavy (non-hydrogen) atoms. The Bertz CT molecular complexity index is 1170. The Morgan fingerprint density at radius 2 is 1.90 bits per heavy atom. The first kappa shape index (κ1) is 18.6. The molecule has 1 N–H and O–H groups in total. The van der Waals surface area contributed by atoms with Crippen LogP contribution in [0.1, 0.15) is 5.56 Å². The third kappa shape index (κ3) is 4.21. The minimum absolute atomic E-state index is 0.0923. The van der Waals surface area contributed by atoms with Gasteiger partial charge in [-0.15, -0.1) is 0 Å². The maximum absolute atomic E-state index is 12.3. The Kier molecular flexibility index (Phi) is 5.16. The fourth-order valence-electron chi connectivity index (χ4n) is 3.09. The van der Waals surface area contributed by atoms with E-state index in [4.69, 9.17) is 14.5 Å². The number of pyridine rings is 1. The molecule has 0 aliphatic carbocycles. The predicted molar refractivity (Wildman–Crippen MR) is 112 cm³/mol. The molecule has 2 aromatic heterocycles. The lowest BCUT2D eigenvalue weighted by Crippen LogP contribution is -2.20. The van der Waals surface area contributed by atoms with Crippen LogP contribution in [0.2, 0.25) is 0 Å². The van der Waals surface area contributed by atoms with E-state index in [1.165, 1.54) is 0 Å². The number of hydrogen-bond donors (Lipinski definition) is 1. The van der Waals surface area contributed by atoms with E-state index in [1.807, 2.05) is 72.2 Å². The highest BCUT2D eigenvalue weighted by Crippen LogP contribution is 2.24. The molecule has 6 nitrogen and oxygen atoms in total. The van der Waals surface area contributed by atoms with Gasteiger partial charge in [0, 0.05) is 29.7 Å². The molecular weight excluding hydrogens is 366 g/mol. The molecular formula is C23H21N3O3. The van der Waals surface area contributed by atoms with Gasteiger partial charge >= 0.3 is 0 Å². The number of anilines is 1. The molecule has 146 valence electrons. The van der Waals surface area contributed by atoms with Crippen molar-refractivity contribution in [2.75, 3.05) is 19.0 Å². The van der Waals surface area contributed by atoms with Crippen LogP contribution in [-0.2, 0) is 4.79 Å². The first-order chi connectivity index (χ1) is 14.1. The van der Waals surface area contributed by atoms with E-state index >= 15 is 0 Å². The average molecular weight is 387 g/mol. The van der Waals surface area contributed by atoms with E-state index in [2.05, 4.69) is 5.32 Å². The van der Waals surface area contributed by atoms with E-state index in [-0.39, 0.29) is 12.5 Å². The van der Waals surface area contributed by atoms with Gasteiger partial charge in [0.2, 0.25) is 0 Å². The van der Waals surface area contributed by atoms with Crippen molar-refractivity contribution < 1.29 is 14.3 Å². The number of nitrogens with zero attached hydrogens (tertiary/aromatic N) is 2. The molecule has 0 radical (unpaired) electrons. The van der Waals surface area contributed by atoms with Crippen LogP contribution in [0.25, 0.3) is 16.9 Å². The molecule has 2 heterocycles. The number of fused-ring (bicyclic) bond motifs is 1. The number of imidazole rings is 1. The lowest BCUT2D eigenvalue weighted by Gasteiger charge is -2.09. The summed E-state index contributed by atoms with van der Waals surface area (Å²) in [6.45, 7) is 1.94. The number of ether oxygens (including phenoxy) is 2. The zero-order valence-corrected chi connectivity index (χ0v) is 16.3. The summed E-state index contributed by atoms with van der Waals surface area (Å²) in [5.41, 5.74) is 4.50. The maximum atomic E-state index is 12.3. The third-order valence-corrected chi connectivity index (χ3v) is 4.53. The highest BCUT2D eigenvalue weighted by atomic mass is 16.5. The number of hydrogen-bond acceptors (Lipinski definition) is 4. The molecule has 0 saturated heterocycles. The lowest BCUT2D eigenvalue weighted by molar-refractivity contribution is -0.118. The number of carbonyl (C=O) groups is 1. The molecule has 0 aliphatic rings. The van der Waals surface area contributed by atoms with E-state index in [0.717, 1.165) is 22.5 Å². The van der Waals surface area contributed by atoms with Crippen molar-refractivity contribution in [1.29, 1.82) is 0 Å². The molecule has 6 heteroatoms. The Balaban J connectivity index is 1.45. The molecule has 2 aromatic carbocycles. The van der Waals surface area contributed by atoms with Gasteiger partial charge in [0.25, 0.3) is 5.91 Å². The number of benzene rings is 2. The van der Waals surface area contributed by atoms with Crippen molar-refractivity contribution in [2.24, 2.45) is 0 Å². The highest BCUT2D eigenvalue weighted by molar-refractivity contribution is 5.92. The Morgan fingerprint density at radius 1 is 1.07 bits per heavy atom. The van der Waals surface area contributed by atoms with E-state index in [1.54, 1.807) is 19.2 Å². The van der Waals surface area contributed by atoms with Gasteiger partial charge in [0.05, 0.1) is 12.8 Å². The topological polar surface area (TPSA) is 64.9 Å². The number of rotatable bonds is 6. The minimum atomic E-state index is -0.240. The molecule has 0 atom stereocenters. The van der Waals surface area contributed by atoms with Gasteiger partial charge in [-0.2, -0.15) is 0 Å². The second-order valence-electron chi connectivity index (χ2n) is 6.64. The van der Waals surface area contributed by atoms with Gasteiger partial charge < -0.3 is 19.2 Å². The number of nitrogens with one attached hydrogen (secondary N) is 1. The molecule has 0 spiro atoms. The van der Waals surface area contributed by atoms with Crippen molar-refractivity contribution in [3.05, 3.63) is 78.6 Å². The lowest BCUT2D eigenvalue weighted by atomic mass is 10.1. The fraction of sp³-hybridized carbons (Fsp3) is 0.130. The molecule has 0 unspecified atom stereocenters. The van der Waals surface area contributed by atoms with E-state index in [0.29, 0.717) is 17.2 Å². The molecule has 4 rings (SSSR count). The van der Waals surface area contributed by atoms with Crippen molar-refractivity contribution in [1.82, 2.24) is 9.38 Å². The molecule has 1 amide bonds. The van der Waals surface area contributed by atoms with Gasteiger partial charge in [-0.3, -0.25) is 4.79 Å². The van der Waals surface area contributed by atoms with Crippen LogP contribution in [-0.4, -0.2) is 29.0 Å². The van der Waals surface area contributed by atoms with Crippen LogP contribution in [0.3, 0.4) is 0 Å². The Hall–Kier alpha value is -3.80. The smallest absolute Gasteiger partial charge is 0.262 e. The second kappa shape index (κ2) is 8.06. The number of aryl methyl sites for hydroxylation is 1. The number of methoxy groups -OCH3 is 1. The predicted octanol–water partition coefficient (Wildman–Crippen LogP) is 4.34. The summed E-state index contributed by atoms with van der Waals surface area (Å²) in [6, 6.07) is 18.8. The number of aromatic nitrogens is 2. The zero-order valence-electron chi connectivity index (χ0n) is 16.3. The molecule has 0 aliphatic heterocycles. The molecule has 0 saturated carbocycles. The molecule has 4 aromatic rings. The summed E-state index contributed by atoms with van der Waals surface area (Å²) < 4.78 is 12.7. The summed E-state index contributed by atoms with van der Waals surface area (Å²) in [4.78, 5) is 17.0. The normalized spacial score (nSPS) is 10.7. The number of amides is 1. The van der Waals surface area contributed by atoms with Crippen molar-refractivity contribution in [3.8, 4) is 22.8 Å². The average Bonchev–Trinajstić information content (AvgIpc) is 3.19. The monoisotopic (exact) mass is 387 g/mol. The standard InChI is InChI=1S/C23H21N3O3/c1-16-6-5-11-26-14-21(25-23(16)26)17-7-3-8-18(12-17)24-22(27)15-29-20-10-4-9-19(13-20)28-2/h3-14H,15H2,1-2H3,(H,24,27). The van der Waals surface area contributed by atoms with Crippen LogP contribution in [0.15, 0.2) is 73.1 Å². The van der Waals surface area contributed by atoms with Gasteiger partial charge in [-0.25, -0.2) is 4.98 Å². The first-order valence-corrected chi connectivity index (χ1v) is 9.24. The van der Waals surface area contributed by atoms with Gasteiger partial charge in [0.1, 0.15) is 17.1 Å². The van der Waals surface area contributed by atoms with Crippen LogP contribution >= 0.6 is 0 Å². The largest absolute Gasteiger partial charge is 0.497 e. The second-order valence-corrected chi connectivity index (χ2v) is 6.64. The van der Waals surface area contributed by atoms with Crippen LogP contribution in [0.4, 0.5) is 5.69 Å². The Labute approximate surface area is 168 Å². The van der Waals surface area contributed by atoms with Gasteiger partial charge in [-0.05, 0) is 42.8 Å². The van der Waals surface area contributed by atoms with Crippen molar-refractivity contribution in [3.63, 3.8) is 0 Å². The quantitative estimate of drug-likeness (QED) is 0.535. The van der Waals surface area contributed by atoms with Crippen LogP contribution < -0.4 is 14.8 Å².